The normalized spacial score (nSPS) is 10.6. The molecule has 0 unspecified atom stereocenters. The number of hydrogen-bond acceptors (Lipinski definition) is 5. The fourth-order valence-electron chi connectivity index (χ4n) is 1.89. The van der Waals surface area contributed by atoms with Gasteiger partial charge in [-0.1, -0.05) is 0 Å². The van der Waals surface area contributed by atoms with Gasteiger partial charge in [-0.3, -0.25) is 10.1 Å². The standard InChI is InChI=1S/C12H9N5O3/c18-12-15-8-4-3-7(6-9(8)16-12)14-11-10(17(19)20)2-1-5-13-11/h1-6H,(H,13,14)(H2,15,16,18). The van der Waals surface area contributed by atoms with Crippen LogP contribution in [0.4, 0.5) is 17.2 Å². The number of nitrogens with zero attached hydrogens (tertiary/aromatic N) is 2. The number of nitrogens with one attached hydrogen (secondary N) is 3. The third-order valence-electron chi connectivity index (χ3n) is 2.76. The number of fused-ring (bicyclic) bond motifs is 1. The van der Waals surface area contributed by atoms with Crippen LogP contribution in [0.3, 0.4) is 0 Å². The van der Waals surface area contributed by atoms with E-state index in [2.05, 4.69) is 20.3 Å². The molecule has 3 aromatic rings. The van der Waals surface area contributed by atoms with Crippen LogP contribution in [0.25, 0.3) is 11.0 Å². The quantitative estimate of drug-likeness (QED) is 0.497. The lowest BCUT2D eigenvalue weighted by Crippen LogP contribution is -1.99. The van der Waals surface area contributed by atoms with Crippen molar-refractivity contribution in [2.45, 2.75) is 0 Å². The van der Waals surface area contributed by atoms with E-state index in [9.17, 15) is 14.9 Å². The summed E-state index contributed by atoms with van der Waals surface area (Å²) in [6.07, 6.45) is 1.46. The number of imidazole rings is 1. The van der Waals surface area contributed by atoms with Crippen LogP contribution in [0.2, 0.25) is 0 Å². The van der Waals surface area contributed by atoms with Gasteiger partial charge < -0.3 is 15.3 Å². The Morgan fingerprint density at radius 3 is 2.80 bits per heavy atom. The van der Waals surface area contributed by atoms with Crippen molar-refractivity contribution in [3.8, 4) is 0 Å². The summed E-state index contributed by atoms with van der Waals surface area (Å²) in [5.74, 6) is 0.148. The summed E-state index contributed by atoms with van der Waals surface area (Å²) in [5, 5.41) is 13.8. The van der Waals surface area contributed by atoms with E-state index in [0.717, 1.165) is 0 Å². The van der Waals surface area contributed by atoms with Crippen LogP contribution < -0.4 is 11.0 Å². The predicted molar refractivity (Wildman–Crippen MR) is 73.1 cm³/mol. The van der Waals surface area contributed by atoms with Crippen LogP contribution in [-0.4, -0.2) is 19.9 Å². The molecule has 0 saturated carbocycles. The van der Waals surface area contributed by atoms with Crippen molar-refractivity contribution in [1.29, 1.82) is 0 Å². The minimum Gasteiger partial charge on any atom is -0.334 e. The molecule has 0 aliphatic rings. The van der Waals surface area contributed by atoms with Crippen molar-refractivity contribution in [2.75, 3.05) is 5.32 Å². The van der Waals surface area contributed by atoms with Crippen molar-refractivity contribution in [1.82, 2.24) is 15.0 Å². The summed E-state index contributed by atoms with van der Waals surface area (Å²) in [5.41, 5.74) is 1.44. The van der Waals surface area contributed by atoms with Crippen LogP contribution >= 0.6 is 0 Å². The fourth-order valence-corrected chi connectivity index (χ4v) is 1.89. The zero-order chi connectivity index (χ0) is 14.1. The minimum absolute atomic E-state index is 0.116. The first-order valence-corrected chi connectivity index (χ1v) is 5.72. The fraction of sp³-hybridized carbons (Fsp3) is 0. The Kier molecular flexibility index (Phi) is 2.68. The van der Waals surface area contributed by atoms with Crippen molar-refractivity contribution < 1.29 is 4.92 Å². The van der Waals surface area contributed by atoms with Gasteiger partial charge in [-0.25, -0.2) is 9.78 Å². The van der Waals surface area contributed by atoms with Crippen LogP contribution in [0, 0.1) is 10.1 Å². The molecule has 0 aliphatic carbocycles. The van der Waals surface area contributed by atoms with Crippen molar-refractivity contribution in [3.05, 3.63) is 57.1 Å². The third kappa shape index (κ3) is 2.09. The molecule has 8 heteroatoms. The average molecular weight is 271 g/mol. The van der Waals surface area contributed by atoms with Gasteiger partial charge in [0.05, 0.1) is 16.0 Å². The molecule has 20 heavy (non-hydrogen) atoms. The molecule has 2 aromatic heterocycles. The summed E-state index contributed by atoms with van der Waals surface area (Å²) in [4.78, 5) is 30.7. The number of hydrogen-bond donors (Lipinski definition) is 3. The van der Waals surface area contributed by atoms with Gasteiger partial charge in [-0.15, -0.1) is 0 Å². The summed E-state index contributed by atoms with van der Waals surface area (Å²) in [6.45, 7) is 0. The highest BCUT2D eigenvalue weighted by Crippen LogP contribution is 2.25. The van der Waals surface area contributed by atoms with Crippen LogP contribution in [-0.2, 0) is 0 Å². The molecule has 0 saturated heterocycles. The first kappa shape index (κ1) is 11.9. The second-order valence-corrected chi connectivity index (χ2v) is 4.09. The predicted octanol–water partition coefficient (Wildman–Crippen LogP) is 1.90. The van der Waals surface area contributed by atoms with Crippen molar-refractivity contribution >= 4 is 28.2 Å². The topological polar surface area (TPSA) is 117 Å². The lowest BCUT2D eigenvalue weighted by molar-refractivity contribution is -0.384. The Morgan fingerprint density at radius 1 is 1.20 bits per heavy atom. The first-order chi connectivity index (χ1) is 9.63. The van der Waals surface area contributed by atoms with Gasteiger partial charge in [-0.05, 0) is 24.3 Å². The van der Waals surface area contributed by atoms with E-state index in [1.165, 1.54) is 18.3 Å². The number of nitro groups is 1. The average Bonchev–Trinajstić information content (AvgIpc) is 2.78. The largest absolute Gasteiger partial charge is 0.334 e. The molecule has 1 aromatic carbocycles. The van der Waals surface area contributed by atoms with E-state index in [0.29, 0.717) is 16.7 Å². The Hall–Kier alpha value is -3.16. The highest BCUT2D eigenvalue weighted by molar-refractivity contribution is 5.80. The molecule has 3 rings (SSSR count). The molecule has 0 bridgehead atoms. The number of aromatic nitrogens is 3. The number of H-pyrrole nitrogens is 2. The van der Waals surface area contributed by atoms with Crippen molar-refractivity contribution in [2.24, 2.45) is 0 Å². The second-order valence-electron chi connectivity index (χ2n) is 4.09. The molecule has 0 fully saturated rings. The number of anilines is 2. The number of pyridine rings is 1. The summed E-state index contributed by atoms with van der Waals surface area (Å²) in [7, 11) is 0. The zero-order valence-corrected chi connectivity index (χ0v) is 10.1. The van der Waals surface area contributed by atoms with Gasteiger partial charge in [0, 0.05) is 18.0 Å². The maximum atomic E-state index is 11.2. The summed E-state index contributed by atoms with van der Waals surface area (Å²) < 4.78 is 0. The first-order valence-electron chi connectivity index (χ1n) is 5.72. The van der Waals surface area contributed by atoms with Crippen LogP contribution in [0.1, 0.15) is 0 Å². The molecule has 3 N–H and O–H groups in total. The maximum Gasteiger partial charge on any atom is 0.323 e. The Morgan fingerprint density at radius 2 is 2.00 bits per heavy atom. The van der Waals surface area contributed by atoms with Gasteiger partial charge in [-0.2, -0.15) is 0 Å². The molecular formula is C12H9N5O3. The molecule has 100 valence electrons. The van der Waals surface area contributed by atoms with Gasteiger partial charge in [0.2, 0.25) is 5.82 Å². The van der Waals surface area contributed by atoms with Gasteiger partial charge in [0.15, 0.2) is 0 Å². The SMILES string of the molecule is O=c1[nH]c2ccc(Nc3ncccc3[N+](=O)[O-])cc2[nH]1. The number of aromatic amines is 2. The van der Waals surface area contributed by atoms with Crippen LogP contribution in [0.5, 0.6) is 0 Å². The maximum absolute atomic E-state index is 11.2. The summed E-state index contributed by atoms with van der Waals surface area (Å²) in [6, 6.07) is 7.93. The lowest BCUT2D eigenvalue weighted by atomic mass is 10.2. The molecule has 0 amide bonds. The van der Waals surface area contributed by atoms with Crippen LogP contribution in [0.15, 0.2) is 41.3 Å². The molecule has 2 heterocycles. The van der Waals surface area contributed by atoms with E-state index < -0.39 is 4.92 Å². The van der Waals surface area contributed by atoms with Gasteiger partial charge in [0.1, 0.15) is 0 Å². The van der Waals surface area contributed by atoms with Gasteiger partial charge in [0.25, 0.3) is 0 Å². The van der Waals surface area contributed by atoms with E-state index in [-0.39, 0.29) is 17.2 Å². The molecular weight excluding hydrogens is 262 g/mol. The van der Waals surface area contributed by atoms with Crippen molar-refractivity contribution in [3.63, 3.8) is 0 Å². The lowest BCUT2D eigenvalue weighted by Gasteiger charge is -2.05. The Bertz CT molecular complexity index is 851. The van der Waals surface area contributed by atoms with E-state index in [4.69, 9.17) is 0 Å². The number of benzene rings is 1. The van der Waals surface area contributed by atoms with E-state index in [1.807, 2.05) is 0 Å². The highest BCUT2D eigenvalue weighted by Gasteiger charge is 2.14. The molecule has 0 spiro atoms. The minimum atomic E-state index is -0.508. The van der Waals surface area contributed by atoms with E-state index >= 15 is 0 Å². The smallest absolute Gasteiger partial charge is 0.323 e. The monoisotopic (exact) mass is 271 g/mol. The third-order valence-corrected chi connectivity index (χ3v) is 2.76. The zero-order valence-electron chi connectivity index (χ0n) is 10.1. The second kappa shape index (κ2) is 4.50. The van der Waals surface area contributed by atoms with E-state index in [1.54, 1.807) is 18.2 Å². The van der Waals surface area contributed by atoms with Gasteiger partial charge >= 0.3 is 11.4 Å². The Balaban J connectivity index is 2.00. The number of rotatable bonds is 3. The highest BCUT2D eigenvalue weighted by atomic mass is 16.6. The molecule has 0 aliphatic heterocycles. The molecule has 8 nitrogen and oxygen atoms in total. The molecule has 0 atom stereocenters. The molecule has 0 radical (unpaired) electrons. The Labute approximate surface area is 111 Å². The summed E-state index contributed by atoms with van der Waals surface area (Å²) >= 11 is 0.